The van der Waals surface area contributed by atoms with Gasteiger partial charge in [-0.05, 0) is 26.3 Å². The van der Waals surface area contributed by atoms with Gasteiger partial charge in [0.1, 0.15) is 5.69 Å². The lowest BCUT2D eigenvalue weighted by Crippen LogP contribution is -2.41. The highest BCUT2D eigenvalue weighted by Crippen LogP contribution is 2.23. The van der Waals surface area contributed by atoms with Crippen molar-refractivity contribution in [2.75, 3.05) is 18.4 Å². The number of nitro benzene ring substituents is 1. The van der Waals surface area contributed by atoms with Crippen molar-refractivity contribution in [3.8, 4) is 0 Å². The van der Waals surface area contributed by atoms with E-state index in [0.717, 1.165) is 13.0 Å². The topological polar surface area (TPSA) is 67.2 Å². The first-order valence-corrected chi connectivity index (χ1v) is 12.7. The Balaban J connectivity index is 1.99. The third-order valence-electron chi connectivity index (χ3n) is 6.05. The molecule has 0 saturated heterocycles. The number of benzene rings is 1. The molecule has 0 atom stereocenters. The van der Waals surface area contributed by atoms with E-state index in [1.165, 1.54) is 89.5 Å². The van der Waals surface area contributed by atoms with Crippen LogP contribution >= 0.6 is 0 Å². The molecule has 0 aromatic heterocycles. The van der Waals surface area contributed by atoms with E-state index in [1.807, 2.05) is 6.07 Å². The van der Waals surface area contributed by atoms with E-state index in [1.54, 1.807) is 12.1 Å². The van der Waals surface area contributed by atoms with E-state index in [-0.39, 0.29) is 16.1 Å². The number of para-hydroxylation sites is 2. The number of anilines is 1. The minimum absolute atomic E-state index is 0.0993. The first-order chi connectivity index (χ1) is 15.0. The molecule has 1 rings (SSSR count). The van der Waals surface area contributed by atoms with Crippen molar-refractivity contribution in [3.05, 3.63) is 34.4 Å². The predicted molar refractivity (Wildman–Crippen MR) is 134 cm³/mol. The number of nitro groups is 1. The Labute approximate surface area is 190 Å². The predicted octanol–water partition coefficient (Wildman–Crippen LogP) is 7.86. The minimum atomic E-state index is -0.339. The zero-order valence-corrected chi connectivity index (χ0v) is 20.4. The third kappa shape index (κ3) is 14.1. The van der Waals surface area contributed by atoms with Gasteiger partial charge in [-0.3, -0.25) is 10.1 Å². The average Bonchev–Trinajstić information content (AvgIpc) is 2.74. The largest absolute Gasteiger partial charge is 0.378 e. The SMILES string of the molecule is CCCCCCCCCCCCCCCC(C)(C)NCCNc1ccccc1[N+](=O)[O-]. The molecule has 0 fully saturated rings. The van der Waals surface area contributed by atoms with Gasteiger partial charge < -0.3 is 10.6 Å². The molecule has 0 aliphatic heterocycles. The lowest BCUT2D eigenvalue weighted by molar-refractivity contribution is -0.384. The normalized spacial score (nSPS) is 11.6. The molecule has 0 aliphatic carbocycles. The second-order valence-electron chi connectivity index (χ2n) is 9.50. The van der Waals surface area contributed by atoms with Crippen LogP contribution in [0.2, 0.25) is 0 Å². The highest BCUT2D eigenvalue weighted by molar-refractivity contribution is 5.61. The Hall–Kier alpha value is -1.62. The maximum Gasteiger partial charge on any atom is 0.292 e. The quantitative estimate of drug-likeness (QED) is 0.125. The molecule has 0 heterocycles. The lowest BCUT2D eigenvalue weighted by Gasteiger charge is -2.26. The lowest BCUT2D eigenvalue weighted by atomic mass is 9.96. The van der Waals surface area contributed by atoms with Crippen molar-refractivity contribution in [1.82, 2.24) is 5.32 Å². The van der Waals surface area contributed by atoms with Gasteiger partial charge >= 0.3 is 0 Å². The first-order valence-electron chi connectivity index (χ1n) is 12.7. The van der Waals surface area contributed by atoms with Crippen LogP contribution in [0.4, 0.5) is 11.4 Å². The van der Waals surface area contributed by atoms with Crippen molar-refractivity contribution < 1.29 is 4.92 Å². The maximum atomic E-state index is 11.1. The highest BCUT2D eigenvalue weighted by atomic mass is 16.6. The Kier molecular flexibility index (Phi) is 15.0. The van der Waals surface area contributed by atoms with Crippen molar-refractivity contribution in [1.29, 1.82) is 0 Å². The molecule has 0 saturated carbocycles. The summed E-state index contributed by atoms with van der Waals surface area (Å²) in [6.45, 7) is 8.24. The molecule has 0 unspecified atom stereocenters. The third-order valence-corrected chi connectivity index (χ3v) is 6.05. The summed E-state index contributed by atoms with van der Waals surface area (Å²) in [5.74, 6) is 0. The van der Waals surface area contributed by atoms with Crippen LogP contribution in [-0.2, 0) is 0 Å². The summed E-state index contributed by atoms with van der Waals surface area (Å²) in [5.41, 5.74) is 0.819. The highest BCUT2D eigenvalue weighted by Gasteiger charge is 2.16. The van der Waals surface area contributed by atoms with Crippen LogP contribution in [-0.4, -0.2) is 23.6 Å². The Morgan fingerprint density at radius 1 is 0.806 bits per heavy atom. The molecule has 5 nitrogen and oxygen atoms in total. The molecule has 0 amide bonds. The molecule has 0 bridgehead atoms. The standard InChI is InChI=1S/C26H47N3O2/c1-4-5-6-7-8-9-10-11-12-13-14-15-18-21-26(2,3)28-23-22-27-24-19-16-17-20-25(24)29(30)31/h16-17,19-20,27-28H,4-15,18,21-23H2,1-3H3. The van der Waals surface area contributed by atoms with E-state index < -0.39 is 0 Å². The van der Waals surface area contributed by atoms with Crippen LogP contribution in [0.3, 0.4) is 0 Å². The summed E-state index contributed by atoms with van der Waals surface area (Å²) in [6.07, 6.45) is 19.2. The van der Waals surface area contributed by atoms with E-state index in [0.29, 0.717) is 12.2 Å². The van der Waals surface area contributed by atoms with Gasteiger partial charge in [0, 0.05) is 24.7 Å². The van der Waals surface area contributed by atoms with E-state index in [2.05, 4.69) is 31.4 Å². The van der Waals surface area contributed by atoms with Crippen molar-refractivity contribution in [2.45, 2.75) is 116 Å². The number of hydrogen-bond donors (Lipinski definition) is 2. The van der Waals surface area contributed by atoms with Crippen LogP contribution in [0.5, 0.6) is 0 Å². The van der Waals surface area contributed by atoms with Crippen molar-refractivity contribution in [2.24, 2.45) is 0 Å². The summed E-state index contributed by atoms with van der Waals surface area (Å²) in [6, 6.07) is 6.81. The van der Waals surface area contributed by atoms with Gasteiger partial charge in [0.2, 0.25) is 0 Å². The van der Waals surface area contributed by atoms with Gasteiger partial charge in [-0.25, -0.2) is 0 Å². The first kappa shape index (κ1) is 27.4. The van der Waals surface area contributed by atoms with Crippen molar-refractivity contribution >= 4 is 11.4 Å². The summed E-state index contributed by atoms with van der Waals surface area (Å²) < 4.78 is 0. The van der Waals surface area contributed by atoms with Gasteiger partial charge in [-0.15, -0.1) is 0 Å². The fourth-order valence-corrected chi connectivity index (χ4v) is 4.05. The van der Waals surface area contributed by atoms with E-state index in [9.17, 15) is 10.1 Å². The van der Waals surface area contributed by atoms with Gasteiger partial charge in [-0.2, -0.15) is 0 Å². The zero-order chi connectivity index (χ0) is 22.8. The van der Waals surface area contributed by atoms with Crippen LogP contribution < -0.4 is 10.6 Å². The van der Waals surface area contributed by atoms with Gasteiger partial charge in [-0.1, -0.05) is 103 Å². The number of hydrogen-bond acceptors (Lipinski definition) is 4. The van der Waals surface area contributed by atoms with Gasteiger partial charge in [0.15, 0.2) is 0 Å². The van der Waals surface area contributed by atoms with Crippen LogP contribution in [0.15, 0.2) is 24.3 Å². The Bertz CT molecular complexity index is 590. The molecule has 0 radical (unpaired) electrons. The molecule has 5 heteroatoms. The monoisotopic (exact) mass is 433 g/mol. The average molecular weight is 434 g/mol. The second kappa shape index (κ2) is 17.0. The molecule has 1 aromatic rings. The molecule has 178 valence electrons. The van der Waals surface area contributed by atoms with Crippen molar-refractivity contribution in [3.63, 3.8) is 0 Å². The molecule has 0 aliphatic rings. The Morgan fingerprint density at radius 3 is 1.87 bits per heavy atom. The number of rotatable bonds is 20. The minimum Gasteiger partial charge on any atom is -0.378 e. The van der Waals surface area contributed by atoms with Crippen LogP contribution in [0.1, 0.15) is 111 Å². The number of unbranched alkanes of at least 4 members (excludes halogenated alkanes) is 12. The molecule has 0 spiro atoms. The summed E-state index contributed by atoms with van der Waals surface area (Å²) in [5, 5.41) is 17.8. The summed E-state index contributed by atoms with van der Waals surface area (Å²) >= 11 is 0. The Morgan fingerprint density at radius 2 is 1.32 bits per heavy atom. The summed E-state index contributed by atoms with van der Waals surface area (Å²) in [7, 11) is 0. The van der Waals surface area contributed by atoms with Crippen LogP contribution in [0.25, 0.3) is 0 Å². The molecule has 1 aromatic carbocycles. The van der Waals surface area contributed by atoms with Gasteiger partial charge in [0.05, 0.1) is 4.92 Å². The molecule has 2 N–H and O–H groups in total. The zero-order valence-electron chi connectivity index (χ0n) is 20.4. The number of nitrogens with zero attached hydrogens (tertiary/aromatic N) is 1. The maximum absolute atomic E-state index is 11.1. The fourth-order valence-electron chi connectivity index (χ4n) is 4.05. The van der Waals surface area contributed by atoms with Gasteiger partial charge in [0.25, 0.3) is 5.69 Å². The number of nitrogens with one attached hydrogen (secondary N) is 2. The molecule has 31 heavy (non-hydrogen) atoms. The molecular weight excluding hydrogens is 386 g/mol. The van der Waals surface area contributed by atoms with E-state index >= 15 is 0 Å². The summed E-state index contributed by atoms with van der Waals surface area (Å²) in [4.78, 5) is 10.7. The fraction of sp³-hybridized carbons (Fsp3) is 0.769. The second-order valence-corrected chi connectivity index (χ2v) is 9.50. The van der Waals surface area contributed by atoms with E-state index in [4.69, 9.17) is 0 Å². The molecular formula is C26H47N3O2. The van der Waals surface area contributed by atoms with Crippen LogP contribution in [0, 0.1) is 10.1 Å². The smallest absolute Gasteiger partial charge is 0.292 e.